The van der Waals surface area contributed by atoms with Crippen LogP contribution in [0.2, 0.25) is 0 Å². The molecule has 31 heavy (non-hydrogen) atoms. The quantitative estimate of drug-likeness (QED) is 0.293. The highest BCUT2D eigenvalue weighted by molar-refractivity contribution is 14.0. The summed E-state index contributed by atoms with van der Waals surface area (Å²) in [7, 11) is 4.10. The molecule has 1 aromatic heterocycles. The number of hydrogen-bond acceptors (Lipinski definition) is 4. The van der Waals surface area contributed by atoms with Gasteiger partial charge in [-0.2, -0.15) is 0 Å². The third-order valence-corrected chi connectivity index (χ3v) is 5.64. The molecule has 0 amide bonds. The lowest BCUT2D eigenvalue weighted by Crippen LogP contribution is -2.42. The summed E-state index contributed by atoms with van der Waals surface area (Å²) in [4.78, 5) is 6.97. The summed E-state index contributed by atoms with van der Waals surface area (Å²) < 4.78 is 11.8. The standard InChI is InChI=1S/C24H36N4O2.HI/c1-5-25-24(27-17-21(28(3)4)22-9-7-14-29-22)26-16-20-8-6-15-30-23(20)19-12-10-18(2)11-13-19;/h7,9-14,20-21,23H,5-6,8,15-17H2,1-4H3,(H2,25,26,27);1H. The molecule has 7 heteroatoms. The fourth-order valence-electron chi connectivity index (χ4n) is 3.91. The topological polar surface area (TPSA) is 62.0 Å². The predicted octanol–water partition coefficient (Wildman–Crippen LogP) is 4.53. The van der Waals surface area contributed by atoms with Crippen molar-refractivity contribution in [3.05, 3.63) is 59.5 Å². The van der Waals surface area contributed by atoms with E-state index in [4.69, 9.17) is 14.1 Å². The summed E-state index contributed by atoms with van der Waals surface area (Å²) in [6.07, 6.45) is 4.10. The van der Waals surface area contributed by atoms with Crippen molar-refractivity contribution in [1.29, 1.82) is 0 Å². The first-order valence-corrected chi connectivity index (χ1v) is 11.0. The van der Waals surface area contributed by atoms with Gasteiger partial charge in [-0.15, -0.1) is 24.0 Å². The molecular formula is C24H37IN4O2. The summed E-state index contributed by atoms with van der Waals surface area (Å²) in [6.45, 7) is 7.31. The van der Waals surface area contributed by atoms with E-state index in [0.717, 1.165) is 44.3 Å². The Kier molecular flexibility index (Phi) is 10.8. The number of halogens is 1. The summed E-state index contributed by atoms with van der Waals surface area (Å²) in [6, 6.07) is 12.8. The van der Waals surface area contributed by atoms with Crippen LogP contribution >= 0.6 is 24.0 Å². The Labute approximate surface area is 203 Å². The molecule has 6 nitrogen and oxygen atoms in total. The lowest BCUT2D eigenvalue weighted by Gasteiger charge is -2.32. The number of furan rings is 1. The van der Waals surface area contributed by atoms with Crippen LogP contribution in [0.1, 0.15) is 48.8 Å². The molecule has 3 atom stereocenters. The van der Waals surface area contributed by atoms with Crippen molar-refractivity contribution in [2.24, 2.45) is 10.9 Å². The number of benzene rings is 1. The monoisotopic (exact) mass is 540 g/mol. The molecule has 1 aromatic carbocycles. The van der Waals surface area contributed by atoms with Gasteiger partial charge in [0.15, 0.2) is 5.96 Å². The molecule has 2 N–H and O–H groups in total. The molecule has 3 unspecified atom stereocenters. The second kappa shape index (κ2) is 13.1. The van der Waals surface area contributed by atoms with Crippen LogP contribution in [-0.2, 0) is 4.74 Å². The van der Waals surface area contributed by atoms with Gasteiger partial charge in [-0.3, -0.25) is 9.89 Å². The Morgan fingerprint density at radius 2 is 1.97 bits per heavy atom. The smallest absolute Gasteiger partial charge is 0.191 e. The number of aryl methyl sites for hydroxylation is 1. The average Bonchev–Trinajstić information content (AvgIpc) is 3.27. The maximum atomic E-state index is 6.17. The summed E-state index contributed by atoms with van der Waals surface area (Å²) in [5.41, 5.74) is 2.54. The molecule has 0 aliphatic carbocycles. The first kappa shape index (κ1) is 25.7. The van der Waals surface area contributed by atoms with Crippen LogP contribution in [0, 0.1) is 12.8 Å². The Bertz CT molecular complexity index is 777. The second-order valence-electron chi connectivity index (χ2n) is 8.20. The zero-order valence-electron chi connectivity index (χ0n) is 19.1. The zero-order chi connectivity index (χ0) is 21.3. The van der Waals surface area contributed by atoms with Gasteiger partial charge in [0.1, 0.15) is 5.76 Å². The number of nitrogens with one attached hydrogen (secondary N) is 2. The molecule has 0 radical (unpaired) electrons. The van der Waals surface area contributed by atoms with Gasteiger partial charge in [-0.25, -0.2) is 0 Å². The first-order valence-electron chi connectivity index (χ1n) is 11.0. The number of aliphatic imine (C=N–C) groups is 1. The molecule has 1 saturated heterocycles. The SMILES string of the molecule is CCNC(=NCC(c1ccco1)N(C)C)NCC1CCCOC1c1ccc(C)cc1.I. The van der Waals surface area contributed by atoms with Crippen LogP contribution in [0.5, 0.6) is 0 Å². The van der Waals surface area contributed by atoms with Gasteiger partial charge < -0.3 is 19.8 Å². The minimum Gasteiger partial charge on any atom is -0.468 e. The van der Waals surface area contributed by atoms with Gasteiger partial charge in [0.05, 0.1) is 25.0 Å². The molecule has 2 aromatic rings. The van der Waals surface area contributed by atoms with E-state index in [0.29, 0.717) is 12.5 Å². The Balaban J connectivity index is 0.00000341. The minimum absolute atomic E-state index is 0. The maximum Gasteiger partial charge on any atom is 0.191 e. The Hall–Kier alpha value is -1.58. The fourth-order valence-corrected chi connectivity index (χ4v) is 3.91. The molecule has 0 bridgehead atoms. The van der Waals surface area contributed by atoms with Gasteiger partial charge in [-0.05, 0) is 58.5 Å². The van der Waals surface area contributed by atoms with Crippen molar-refractivity contribution in [3.8, 4) is 0 Å². The van der Waals surface area contributed by atoms with Gasteiger partial charge in [0, 0.05) is 25.6 Å². The van der Waals surface area contributed by atoms with E-state index >= 15 is 0 Å². The van der Waals surface area contributed by atoms with Gasteiger partial charge in [0.25, 0.3) is 0 Å². The van der Waals surface area contributed by atoms with Crippen molar-refractivity contribution in [2.45, 2.75) is 38.8 Å². The molecule has 1 aliphatic rings. The minimum atomic E-state index is 0. The number of guanidine groups is 1. The fraction of sp³-hybridized carbons (Fsp3) is 0.542. The number of nitrogens with zero attached hydrogens (tertiary/aromatic N) is 2. The highest BCUT2D eigenvalue weighted by Gasteiger charge is 2.27. The first-order chi connectivity index (χ1) is 14.6. The van der Waals surface area contributed by atoms with Crippen LogP contribution in [0.15, 0.2) is 52.1 Å². The van der Waals surface area contributed by atoms with E-state index in [1.54, 1.807) is 6.26 Å². The normalized spacial score (nSPS) is 20.2. The third kappa shape index (κ3) is 7.50. The molecule has 2 heterocycles. The molecule has 0 spiro atoms. The summed E-state index contributed by atoms with van der Waals surface area (Å²) in [5.74, 6) is 2.18. The van der Waals surface area contributed by atoms with Crippen LogP contribution in [0.3, 0.4) is 0 Å². The van der Waals surface area contributed by atoms with Crippen LogP contribution in [-0.4, -0.2) is 51.2 Å². The van der Waals surface area contributed by atoms with Crippen molar-refractivity contribution in [2.75, 3.05) is 40.3 Å². The third-order valence-electron chi connectivity index (χ3n) is 5.64. The number of rotatable bonds is 8. The lowest BCUT2D eigenvalue weighted by molar-refractivity contribution is -0.0265. The molecule has 0 saturated carbocycles. The highest BCUT2D eigenvalue weighted by atomic mass is 127. The Morgan fingerprint density at radius 3 is 2.61 bits per heavy atom. The van der Waals surface area contributed by atoms with Gasteiger partial charge in [-0.1, -0.05) is 29.8 Å². The van der Waals surface area contributed by atoms with Gasteiger partial charge >= 0.3 is 0 Å². The number of hydrogen-bond donors (Lipinski definition) is 2. The molecule has 3 rings (SSSR count). The molecule has 1 aliphatic heterocycles. The summed E-state index contributed by atoms with van der Waals surface area (Å²) in [5, 5.41) is 6.92. The zero-order valence-corrected chi connectivity index (χ0v) is 21.5. The van der Waals surface area contributed by atoms with Crippen LogP contribution in [0.25, 0.3) is 0 Å². The lowest BCUT2D eigenvalue weighted by atomic mass is 9.89. The van der Waals surface area contributed by atoms with Crippen molar-refractivity contribution < 1.29 is 9.15 Å². The molecule has 1 fully saturated rings. The van der Waals surface area contributed by atoms with Gasteiger partial charge in [0.2, 0.25) is 0 Å². The van der Waals surface area contributed by atoms with Crippen LogP contribution < -0.4 is 10.6 Å². The summed E-state index contributed by atoms with van der Waals surface area (Å²) >= 11 is 0. The van der Waals surface area contributed by atoms with E-state index in [1.807, 2.05) is 12.1 Å². The average molecular weight is 540 g/mol. The van der Waals surface area contributed by atoms with E-state index < -0.39 is 0 Å². The molecule has 172 valence electrons. The number of ether oxygens (including phenoxy) is 1. The molecular weight excluding hydrogens is 503 g/mol. The van der Waals surface area contributed by atoms with E-state index in [-0.39, 0.29) is 36.1 Å². The van der Waals surface area contributed by atoms with Crippen molar-refractivity contribution in [1.82, 2.24) is 15.5 Å². The largest absolute Gasteiger partial charge is 0.468 e. The Morgan fingerprint density at radius 1 is 1.19 bits per heavy atom. The number of likely N-dealkylation sites (N-methyl/N-ethyl adjacent to an activating group) is 1. The van der Waals surface area contributed by atoms with E-state index in [1.165, 1.54) is 11.1 Å². The van der Waals surface area contributed by atoms with Crippen molar-refractivity contribution >= 4 is 29.9 Å². The predicted molar refractivity (Wildman–Crippen MR) is 137 cm³/mol. The van der Waals surface area contributed by atoms with Crippen LogP contribution in [0.4, 0.5) is 0 Å². The maximum absolute atomic E-state index is 6.17. The van der Waals surface area contributed by atoms with E-state index in [9.17, 15) is 0 Å². The van der Waals surface area contributed by atoms with Crippen molar-refractivity contribution in [3.63, 3.8) is 0 Å². The highest BCUT2D eigenvalue weighted by Crippen LogP contribution is 2.33. The second-order valence-corrected chi connectivity index (χ2v) is 8.20. The van der Waals surface area contributed by atoms with E-state index in [2.05, 4.69) is 67.7 Å².